The van der Waals surface area contributed by atoms with Crippen LogP contribution in [-0.2, 0) is 10.0 Å². The summed E-state index contributed by atoms with van der Waals surface area (Å²) in [6.45, 7) is 0. The zero-order chi connectivity index (χ0) is 13.2. The van der Waals surface area contributed by atoms with Crippen LogP contribution in [0.25, 0.3) is 0 Å². The highest BCUT2D eigenvalue weighted by atomic mass is 32.2. The van der Waals surface area contributed by atoms with Crippen LogP contribution in [0, 0.1) is 11.3 Å². The molecular formula is C10H9N5O2S. The van der Waals surface area contributed by atoms with E-state index in [1.807, 2.05) is 6.07 Å². The molecule has 0 aliphatic rings. The fourth-order valence-corrected chi connectivity index (χ4v) is 2.44. The van der Waals surface area contributed by atoms with E-state index in [9.17, 15) is 8.42 Å². The number of nitrogens with two attached hydrogens (primary N) is 1. The number of nitrogens with one attached hydrogen (secondary N) is 2. The Morgan fingerprint density at radius 3 is 2.83 bits per heavy atom. The van der Waals surface area contributed by atoms with Crippen LogP contribution in [0.5, 0.6) is 0 Å². The van der Waals surface area contributed by atoms with Crippen LogP contribution in [0.1, 0.15) is 5.56 Å². The van der Waals surface area contributed by atoms with E-state index in [1.165, 1.54) is 12.1 Å². The van der Waals surface area contributed by atoms with Gasteiger partial charge in [0, 0.05) is 0 Å². The van der Waals surface area contributed by atoms with Crippen LogP contribution in [0.15, 0.2) is 35.4 Å². The van der Waals surface area contributed by atoms with Crippen molar-refractivity contribution in [2.75, 3.05) is 10.5 Å². The number of sulfonamides is 1. The smallest absolute Gasteiger partial charge is 0.267 e. The Hall–Kier alpha value is -2.53. The van der Waals surface area contributed by atoms with Crippen LogP contribution in [0.4, 0.5) is 11.5 Å². The molecule has 0 spiro atoms. The summed E-state index contributed by atoms with van der Waals surface area (Å²) in [5.74, 6) is -0.0427. The molecule has 0 fully saturated rings. The normalized spacial score (nSPS) is 10.8. The minimum atomic E-state index is -3.80. The lowest BCUT2D eigenvalue weighted by atomic mass is 10.2. The van der Waals surface area contributed by atoms with E-state index in [0.717, 1.165) is 6.20 Å². The largest absolute Gasteiger partial charge is 0.383 e. The minimum Gasteiger partial charge on any atom is -0.383 e. The zero-order valence-corrected chi connectivity index (χ0v) is 9.90. The van der Waals surface area contributed by atoms with Crippen LogP contribution in [-0.4, -0.2) is 18.6 Å². The zero-order valence-electron chi connectivity index (χ0n) is 9.08. The molecule has 2 aromatic rings. The van der Waals surface area contributed by atoms with Crippen molar-refractivity contribution in [3.8, 4) is 6.07 Å². The van der Waals surface area contributed by atoms with Crippen LogP contribution >= 0.6 is 0 Å². The first-order valence-electron chi connectivity index (χ1n) is 4.85. The third-order valence-electron chi connectivity index (χ3n) is 2.17. The standard InChI is InChI=1S/C10H9N5O2S/c11-5-7-2-1-3-8(4-7)15-18(16,17)9-6-13-14-10(9)12/h1-4,6,15H,(H3,12,13,14). The second-order valence-electron chi connectivity index (χ2n) is 3.45. The second kappa shape index (κ2) is 4.38. The number of rotatable bonds is 3. The Morgan fingerprint density at radius 1 is 1.44 bits per heavy atom. The monoisotopic (exact) mass is 263 g/mol. The molecule has 0 aliphatic carbocycles. The Bertz CT molecular complexity index is 714. The first kappa shape index (κ1) is 11.9. The summed E-state index contributed by atoms with van der Waals surface area (Å²) in [7, 11) is -3.80. The van der Waals surface area contributed by atoms with Crippen molar-refractivity contribution >= 4 is 21.5 Å². The minimum absolute atomic E-state index is 0.0427. The number of aromatic nitrogens is 2. The Morgan fingerprint density at radius 2 is 2.22 bits per heavy atom. The number of benzene rings is 1. The lowest BCUT2D eigenvalue weighted by Gasteiger charge is -2.06. The number of nitrogens with zero attached hydrogens (tertiary/aromatic N) is 2. The molecule has 0 atom stereocenters. The third-order valence-corrected chi connectivity index (χ3v) is 3.57. The van der Waals surface area contributed by atoms with E-state index in [-0.39, 0.29) is 16.4 Å². The van der Waals surface area contributed by atoms with Gasteiger partial charge >= 0.3 is 0 Å². The van der Waals surface area contributed by atoms with Crippen molar-refractivity contribution in [3.63, 3.8) is 0 Å². The summed E-state index contributed by atoms with van der Waals surface area (Å²) in [5, 5.41) is 14.6. The lowest BCUT2D eigenvalue weighted by molar-refractivity contribution is 0.601. The average molecular weight is 263 g/mol. The molecule has 0 bridgehead atoms. The number of nitriles is 1. The van der Waals surface area contributed by atoms with Gasteiger partial charge in [-0.05, 0) is 18.2 Å². The quantitative estimate of drug-likeness (QED) is 0.750. The summed E-state index contributed by atoms with van der Waals surface area (Å²) in [6, 6.07) is 8.03. The van der Waals surface area contributed by atoms with Gasteiger partial charge in [0.1, 0.15) is 10.7 Å². The van der Waals surface area contributed by atoms with Crippen LogP contribution < -0.4 is 10.5 Å². The second-order valence-corrected chi connectivity index (χ2v) is 5.10. The summed E-state index contributed by atoms with van der Waals surface area (Å²) in [5.41, 5.74) is 6.09. The number of aromatic amines is 1. The topological polar surface area (TPSA) is 125 Å². The molecule has 1 aromatic carbocycles. The van der Waals surface area contributed by atoms with Gasteiger partial charge in [0.2, 0.25) is 0 Å². The van der Waals surface area contributed by atoms with E-state index < -0.39 is 10.0 Å². The van der Waals surface area contributed by atoms with Gasteiger partial charge in [-0.15, -0.1) is 0 Å². The Kier molecular flexibility index (Phi) is 2.91. The first-order valence-corrected chi connectivity index (χ1v) is 6.33. The molecule has 1 aromatic heterocycles. The number of hydrogen-bond donors (Lipinski definition) is 3. The number of anilines is 2. The highest BCUT2D eigenvalue weighted by molar-refractivity contribution is 7.92. The molecule has 7 nitrogen and oxygen atoms in total. The van der Waals surface area contributed by atoms with Gasteiger partial charge in [-0.3, -0.25) is 9.82 Å². The van der Waals surface area contributed by atoms with Crippen LogP contribution in [0.3, 0.4) is 0 Å². The SMILES string of the molecule is N#Cc1cccc(NS(=O)(=O)c2cn[nH]c2N)c1. The van der Waals surface area contributed by atoms with Crippen molar-refractivity contribution in [1.82, 2.24) is 10.2 Å². The number of H-pyrrole nitrogens is 1. The van der Waals surface area contributed by atoms with Crippen molar-refractivity contribution < 1.29 is 8.42 Å². The molecule has 92 valence electrons. The highest BCUT2D eigenvalue weighted by Gasteiger charge is 2.19. The fraction of sp³-hybridized carbons (Fsp3) is 0. The Balaban J connectivity index is 2.34. The summed E-state index contributed by atoms with van der Waals surface area (Å²) in [6.07, 6.45) is 1.12. The molecule has 2 rings (SSSR count). The molecule has 0 aliphatic heterocycles. The van der Waals surface area contributed by atoms with Gasteiger partial charge in [0.25, 0.3) is 10.0 Å². The number of nitrogen functional groups attached to an aromatic ring is 1. The lowest BCUT2D eigenvalue weighted by Crippen LogP contribution is -2.13. The molecule has 0 radical (unpaired) electrons. The molecule has 0 saturated heterocycles. The van der Waals surface area contributed by atoms with E-state index in [0.29, 0.717) is 5.56 Å². The maximum atomic E-state index is 11.9. The molecule has 0 unspecified atom stereocenters. The molecule has 0 amide bonds. The highest BCUT2D eigenvalue weighted by Crippen LogP contribution is 2.19. The molecule has 4 N–H and O–H groups in total. The molecule has 1 heterocycles. The maximum Gasteiger partial charge on any atom is 0.267 e. The number of hydrogen-bond acceptors (Lipinski definition) is 5. The van der Waals surface area contributed by atoms with Gasteiger partial charge in [-0.1, -0.05) is 6.07 Å². The Labute approximate surface area is 103 Å². The average Bonchev–Trinajstić information content (AvgIpc) is 2.76. The first-order chi connectivity index (χ1) is 8.53. The van der Waals surface area contributed by atoms with Crippen molar-refractivity contribution in [2.45, 2.75) is 4.90 Å². The predicted octanol–water partition coefficient (Wildman–Crippen LogP) is 0.664. The summed E-state index contributed by atoms with van der Waals surface area (Å²) < 4.78 is 26.2. The summed E-state index contributed by atoms with van der Waals surface area (Å²) >= 11 is 0. The summed E-state index contributed by atoms with van der Waals surface area (Å²) in [4.78, 5) is -0.134. The molecular weight excluding hydrogens is 254 g/mol. The van der Waals surface area contributed by atoms with Gasteiger partial charge in [-0.2, -0.15) is 10.4 Å². The van der Waals surface area contributed by atoms with Gasteiger partial charge < -0.3 is 5.73 Å². The maximum absolute atomic E-state index is 11.9. The fourth-order valence-electron chi connectivity index (χ4n) is 1.36. The molecule has 8 heteroatoms. The molecule has 18 heavy (non-hydrogen) atoms. The van der Waals surface area contributed by atoms with Crippen molar-refractivity contribution in [2.24, 2.45) is 0 Å². The van der Waals surface area contributed by atoms with E-state index in [2.05, 4.69) is 14.9 Å². The van der Waals surface area contributed by atoms with Gasteiger partial charge in [0.15, 0.2) is 0 Å². The van der Waals surface area contributed by atoms with Gasteiger partial charge in [0.05, 0.1) is 23.5 Å². The van der Waals surface area contributed by atoms with Crippen molar-refractivity contribution in [1.29, 1.82) is 5.26 Å². The third kappa shape index (κ3) is 2.26. The van der Waals surface area contributed by atoms with E-state index in [1.54, 1.807) is 12.1 Å². The van der Waals surface area contributed by atoms with Crippen LogP contribution in [0.2, 0.25) is 0 Å². The van der Waals surface area contributed by atoms with E-state index in [4.69, 9.17) is 11.0 Å². The predicted molar refractivity (Wildman–Crippen MR) is 65.0 cm³/mol. The van der Waals surface area contributed by atoms with Gasteiger partial charge in [-0.25, -0.2) is 8.42 Å². The molecule has 0 saturated carbocycles. The van der Waals surface area contributed by atoms with E-state index >= 15 is 0 Å². The van der Waals surface area contributed by atoms with Crippen molar-refractivity contribution in [3.05, 3.63) is 36.0 Å².